The van der Waals surface area contributed by atoms with Gasteiger partial charge in [0.2, 0.25) is 0 Å². The molecular weight excluding hydrogens is 262 g/mol. The molecule has 3 nitrogen and oxygen atoms in total. The summed E-state index contributed by atoms with van der Waals surface area (Å²) in [5.74, 6) is -0.132. The lowest BCUT2D eigenvalue weighted by Gasteiger charge is -2.22. The molecule has 0 aliphatic carbocycles. The topological polar surface area (TPSA) is 28.2 Å². The van der Waals surface area contributed by atoms with Gasteiger partial charge in [0, 0.05) is 25.7 Å². The quantitative estimate of drug-likeness (QED) is 0.812. The summed E-state index contributed by atoms with van der Waals surface area (Å²) < 4.78 is 49.7. The van der Waals surface area contributed by atoms with Crippen LogP contribution in [0.2, 0.25) is 0 Å². The molecule has 0 aromatic carbocycles. The van der Waals surface area contributed by atoms with Gasteiger partial charge in [-0.25, -0.2) is 9.37 Å². The molecule has 1 rings (SSSR count). The van der Waals surface area contributed by atoms with Gasteiger partial charge in [0.15, 0.2) is 0 Å². The summed E-state index contributed by atoms with van der Waals surface area (Å²) >= 11 is 0. The number of anilines is 1. The zero-order valence-corrected chi connectivity index (χ0v) is 10.9. The highest BCUT2D eigenvalue weighted by Gasteiger charge is 2.27. The number of nitrogens with zero attached hydrogens (tertiary/aromatic N) is 2. The third-order valence-electron chi connectivity index (χ3n) is 2.57. The summed E-state index contributed by atoms with van der Waals surface area (Å²) in [4.78, 5) is 5.26. The Morgan fingerprint density at radius 1 is 1.37 bits per heavy atom. The molecule has 19 heavy (non-hydrogen) atoms. The SMILES string of the molecule is CCNCc1cc(F)cnc1N(C)CCC(F)(F)F. The number of nitrogens with one attached hydrogen (secondary N) is 1. The summed E-state index contributed by atoms with van der Waals surface area (Å²) in [6.45, 7) is 2.73. The molecule has 0 fully saturated rings. The number of aromatic nitrogens is 1. The van der Waals surface area contributed by atoms with Gasteiger partial charge in [-0.3, -0.25) is 0 Å². The second-order valence-electron chi connectivity index (χ2n) is 4.20. The van der Waals surface area contributed by atoms with Gasteiger partial charge in [-0.15, -0.1) is 0 Å². The molecule has 0 unspecified atom stereocenters. The lowest BCUT2D eigenvalue weighted by Crippen LogP contribution is -2.27. The molecule has 0 bridgehead atoms. The van der Waals surface area contributed by atoms with Crippen molar-refractivity contribution >= 4 is 5.82 Å². The van der Waals surface area contributed by atoms with Gasteiger partial charge in [-0.2, -0.15) is 13.2 Å². The minimum atomic E-state index is -4.21. The van der Waals surface area contributed by atoms with E-state index in [0.29, 0.717) is 24.5 Å². The van der Waals surface area contributed by atoms with E-state index >= 15 is 0 Å². The van der Waals surface area contributed by atoms with Gasteiger partial charge in [0.1, 0.15) is 11.6 Å². The summed E-state index contributed by atoms with van der Waals surface area (Å²) in [5, 5.41) is 3.00. The third kappa shape index (κ3) is 5.42. The maximum Gasteiger partial charge on any atom is 0.390 e. The Labute approximate surface area is 109 Å². The van der Waals surface area contributed by atoms with E-state index in [-0.39, 0.29) is 6.54 Å². The molecule has 0 aliphatic rings. The molecule has 0 atom stereocenters. The van der Waals surface area contributed by atoms with Gasteiger partial charge in [-0.05, 0) is 12.6 Å². The second-order valence-corrected chi connectivity index (χ2v) is 4.20. The maximum absolute atomic E-state index is 13.1. The van der Waals surface area contributed by atoms with Crippen LogP contribution < -0.4 is 10.2 Å². The first-order chi connectivity index (χ1) is 8.83. The number of halogens is 4. The standard InChI is InChI=1S/C12H17F4N3/c1-3-17-7-9-6-10(13)8-18-11(9)19(2)5-4-12(14,15)16/h6,8,17H,3-5,7H2,1-2H3. The highest BCUT2D eigenvalue weighted by molar-refractivity contribution is 5.46. The number of rotatable bonds is 6. The van der Waals surface area contributed by atoms with Crippen LogP contribution in [0.15, 0.2) is 12.3 Å². The normalized spacial score (nSPS) is 11.7. The van der Waals surface area contributed by atoms with Crippen LogP contribution in [0.1, 0.15) is 18.9 Å². The molecule has 0 aliphatic heterocycles. The fourth-order valence-corrected chi connectivity index (χ4v) is 1.61. The van der Waals surface area contributed by atoms with Gasteiger partial charge in [0.25, 0.3) is 0 Å². The number of hydrogen-bond donors (Lipinski definition) is 1. The van der Waals surface area contributed by atoms with Crippen LogP contribution in [0.4, 0.5) is 23.4 Å². The number of hydrogen-bond acceptors (Lipinski definition) is 3. The van der Waals surface area contributed by atoms with Gasteiger partial charge in [-0.1, -0.05) is 6.92 Å². The second kappa shape index (κ2) is 6.70. The minimum absolute atomic E-state index is 0.207. The van der Waals surface area contributed by atoms with Crippen molar-refractivity contribution in [3.8, 4) is 0 Å². The molecule has 1 heterocycles. The van der Waals surface area contributed by atoms with Crippen molar-refractivity contribution in [3.63, 3.8) is 0 Å². The van der Waals surface area contributed by atoms with E-state index in [1.54, 1.807) is 0 Å². The molecule has 1 aromatic heterocycles. The smallest absolute Gasteiger partial charge is 0.359 e. The lowest BCUT2D eigenvalue weighted by molar-refractivity contribution is -0.132. The van der Waals surface area contributed by atoms with E-state index in [1.807, 2.05) is 6.92 Å². The fourth-order valence-electron chi connectivity index (χ4n) is 1.61. The van der Waals surface area contributed by atoms with Crippen molar-refractivity contribution in [1.82, 2.24) is 10.3 Å². The van der Waals surface area contributed by atoms with Crippen molar-refractivity contribution in [3.05, 3.63) is 23.6 Å². The number of alkyl halides is 3. The minimum Gasteiger partial charge on any atom is -0.359 e. The Balaban J connectivity index is 2.79. The first-order valence-electron chi connectivity index (χ1n) is 5.96. The van der Waals surface area contributed by atoms with Crippen molar-refractivity contribution < 1.29 is 17.6 Å². The molecule has 108 valence electrons. The van der Waals surface area contributed by atoms with Crippen LogP contribution in [0, 0.1) is 5.82 Å². The van der Waals surface area contributed by atoms with E-state index in [9.17, 15) is 17.6 Å². The molecule has 0 spiro atoms. The first kappa shape index (κ1) is 15.7. The average Bonchev–Trinajstić information content (AvgIpc) is 2.32. The predicted octanol–water partition coefficient (Wildman–Crippen LogP) is 2.72. The lowest BCUT2D eigenvalue weighted by atomic mass is 10.2. The van der Waals surface area contributed by atoms with Crippen LogP contribution in [-0.4, -0.2) is 31.3 Å². The molecule has 7 heteroatoms. The van der Waals surface area contributed by atoms with Crippen molar-refractivity contribution in [1.29, 1.82) is 0 Å². The Hall–Kier alpha value is -1.37. The molecule has 0 amide bonds. The molecule has 0 saturated heterocycles. The van der Waals surface area contributed by atoms with Crippen LogP contribution in [-0.2, 0) is 6.54 Å². The summed E-state index contributed by atoms with van der Waals surface area (Å²) in [6.07, 6.45) is -4.13. The van der Waals surface area contributed by atoms with Crippen molar-refractivity contribution in [2.45, 2.75) is 26.1 Å². The zero-order chi connectivity index (χ0) is 14.5. The highest BCUT2D eigenvalue weighted by atomic mass is 19.4. The summed E-state index contributed by atoms with van der Waals surface area (Å²) in [7, 11) is 1.52. The van der Waals surface area contributed by atoms with Crippen molar-refractivity contribution in [2.75, 3.05) is 25.0 Å². The van der Waals surface area contributed by atoms with E-state index in [2.05, 4.69) is 10.3 Å². The van der Waals surface area contributed by atoms with Crippen LogP contribution in [0.3, 0.4) is 0 Å². The molecule has 0 radical (unpaired) electrons. The Morgan fingerprint density at radius 3 is 2.63 bits per heavy atom. The molecule has 1 N–H and O–H groups in total. The Morgan fingerprint density at radius 2 is 2.05 bits per heavy atom. The Bertz CT molecular complexity index is 406. The average molecular weight is 279 g/mol. The Kier molecular flexibility index (Phi) is 5.53. The van der Waals surface area contributed by atoms with Crippen molar-refractivity contribution in [2.24, 2.45) is 0 Å². The molecule has 1 aromatic rings. The van der Waals surface area contributed by atoms with Gasteiger partial charge in [0.05, 0.1) is 12.6 Å². The first-order valence-corrected chi connectivity index (χ1v) is 5.96. The van der Waals surface area contributed by atoms with E-state index in [1.165, 1.54) is 18.0 Å². The van der Waals surface area contributed by atoms with E-state index in [0.717, 1.165) is 6.20 Å². The van der Waals surface area contributed by atoms with Crippen LogP contribution in [0.25, 0.3) is 0 Å². The van der Waals surface area contributed by atoms with Gasteiger partial charge < -0.3 is 10.2 Å². The van der Waals surface area contributed by atoms with E-state index in [4.69, 9.17) is 0 Å². The summed E-state index contributed by atoms with van der Waals surface area (Å²) in [6, 6.07) is 1.29. The predicted molar refractivity (Wildman–Crippen MR) is 65.5 cm³/mol. The largest absolute Gasteiger partial charge is 0.390 e. The third-order valence-corrected chi connectivity index (χ3v) is 2.57. The maximum atomic E-state index is 13.1. The van der Waals surface area contributed by atoms with Gasteiger partial charge >= 0.3 is 6.18 Å². The zero-order valence-electron chi connectivity index (χ0n) is 10.9. The highest BCUT2D eigenvalue weighted by Crippen LogP contribution is 2.23. The van der Waals surface area contributed by atoms with Crippen LogP contribution in [0.5, 0.6) is 0 Å². The fraction of sp³-hybridized carbons (Fsp3) is 0.583. The molecular formula is C12H17F4N3. The summed E-state index contributed by atoms with van der Waals surface area (Å²) in [5.41, 5.74) is 0.548. The van der Waals surface area contributed by atoms with E-state index < -0.39 is 18.4 Å². The number of pyridine rings is 1. The molecule has 0 saturated carbocycles. The monoisotopic (exact) mass is 279 g/mol. The van der Waals surface area contributed by atoms with Crippen LogP contribution >= 0.6 is 0 Å².